The molecule has 6 heteroatoms. The third-order valence-electron chi connectivity index (χ3n) is 5.94. The minimum atomic E-state index is -0.691. The van der Waals surface area contributed by atoms with Crippen LogP contribution in [0.2, 0.25) is 5.02 Å². The Bertz CT molecular complexity index is 727. The normalized spacial score (nSPS) is 18.2. The van der Waals surface area contributed by atoms with Crippen LogP contribution in [0.3, 0.4) is 0 Å². The highest BCUT2D eigenvalue weighted by Gasteiger charge is 2.32. The maximum absolute atomic E-state index is 13.3. The number of carbonyl (C=O) groups excluding carboxylic acids is 2. The maximum Gasteiger partial charge on any atom is 0.247 e. The lowest BCUT2D eigenvalue weighted by Crippen LogP contribution is -2.47. The van der Waals surface area contributed by atoms with E-state index >= 15 is 0 Å². The van der Waals surface area contributed by atoms with Crippen LogP contribution in [0, 0.1) is 0 Å². The molecule has 1 unspecified atom stereocenters. The van der Waals surface area contributed by atoms with Crippen LogP contribution in [-0.2, 0) is 9.59 Å². The van der Waals surface area contributed by atoms with Gasteiger partial charge in [0.05, 0.1) is 0 Å². The van der Waals surface area contributed by atoms with Crippen molar-refractivity contribution in [2.24, 2.45) is 0 Å². The van der Waals surface area contributed by atoms with E-state index in [-0.39, 0.29) is 23.7 Å². The molecule has 2 aliphatic rings. The highest BCUT2D eigenvalue weighted by Crippen LogP contribution is 2.28. The van der Waals surface area contributed by atoms with Crippen molar-refractivity contribution in [1.82, 2.24) is 10.2 Å². The Morgan fingerprint density at radius 3 is 2.45 bits per heavy atom. The topological polar surface area (TPSA) is 49.4 Å². The molecule has 1 atom stereocenters. The first-order valence-corrected chi connectivity index (χ1v) is 11.6. The molecule has 1 aromatic rings. The van der Waals surface area contributed by atoms with Gasteiger partial charge in [-0.3, -0.25) is 9.59 Å². The number of alkyl halides is 1. The molecule has 158 valence electrons. The second-order valence-corrected chi connectivity index (χ2v) is 8.73. The summed E-state index contributed by atoms with van der Waals surface area (Å²) in [5, 5.41) is 3.77. The summed E-state index contributed by atoms with van der Waals surface area (Å²) in [7, 11) is 0. The lowest BCUT2D eigenvalue weighted by Gasteiger charge is -2.32. The molecule has 29 heavy (non-hydrogen) atoms. The smallest absolute Gasteiger partial charge is 0.247 e. The maximum atomic E-state index is 13.3. The molecular formula is C23H30Cl2N2O2. The monoisotopic (exact) mass is 436 g/mol. The summed E-state index contributed by atoms with van der Waals surface area (Å²) in [5.41, 5.74) is 2.13. The van der Waals surface area contributed by atoms with Gasteiger partial charge in [-0.05, 0) is 62.6 Å². The van der Waals surface area contributed by atoms with E-state index in [9.17, 15) is 9.59 Å². The zero-order chi connectivity index (χ0) is 20.6. The standard InChI is InChI=1S/C23H30Cl2N2O2/c24-16-21(28)27(15-14-17-6-2-1-3-7-17)22(18-10-12-19(25)13-11-18)23(29)26-20-8-4-5-9-20/h6,10-13,20,22H,1-5,7-9,14-16H2,(H,26,29). The lowest BCUT2D eigenvalue weighted by atomic mass is 9.96. The first-order chi connectivity index (χ1) is 14.1. The Morgan fingerprint density at radius 1 is 1.10 bits per heavy atom. The van der Waals surface area contributed by atoms with Crippen LogP contribution < -0.4 is 5.32 Å². The number of nitrogens with one attached hydrogen (secondary N) is 1. The van der Waals surface area contributed by atoms with Gasteiger partial charge >= 0.3 is 0 Å². The zero-order valence-electron chi connectivity index (χ0n) is 16.8. The molecule has 2 aliphatic carbocycles. The number of amides is 2. The van der Waals surface area contributed by atoms with Crippen molar-refractivity contribution in [3.63, 3.8) is 0 Å². The first-order valence-electron chi connectivity index (χ1n) is 10.7. The van der Waals surface area contributed by atoms with Crippen molar-refractivity contribution >= 4 is 35.0 Å². The van der Waals surface area contributed by atoms with Crippen LogP contribution in [0.5, 0.6) is 0 Å². The number of allylic oxidation sites excluding steroid dienone is 1. The molecule has 0 heterocycles. The van der Waals surface area contributed by atoms with E-state index in [0.717, 1.165) is 50.5 Å². The van der Waals surface area contributed by atoms with Gasteiger partial charge in [-0.15, -0.1) is 11.6 Å². The van der Waals surface area contributed by atoms with Crippen LogP contribution in [0.25, 0.3) is 0 Å². The second kappa shape index (κ2) is 11.0. The van der Waals surface area contributed by atoms with Crippen LogP contribution in [-0.4, -0.2) is 35.2 Å². The summed E-state index contributed by atoms with van der Waals surface area (Å²) in [6.07, 6.45) is 11.9. The molecule has 4 nitrogen and oxygen atoms in total. The Kier molecular flexibility index (Phi) is 8.43. The van der Waals surface area contributed by atoms with Gasteiger partial charge in [0.2, 0.25) is 11.8 Å². The predicted octanol–water partition coefficient (Wildman–Crippen LogP) is 5.40. The van der Waals surface area contributed by atoms with E-state index in [1.807, 2.05) is 12.1 Å². The SMILES string of the molecule is O=C(NC1CCCC1)C(c1ccc(Cl)cc1)N(CCC1=CCCCC1)C(=O)CCl. The number of halogens is 2. The summed E-state index contributed by atoms with van der Waals surface area (Å²) in [4.78, 5) is 27.7. The predicted molar refractivity (Wildman–Crippen MR) is 118 cm³/mol. The number of nitrogens with zero attached hydrogens (tertiary/aromatic N) is 1. The molecule has 1 fully saturated rings. The van der Waals surface area contributed by atoms with E-state index in [1.54, 1.807) is 17.0 Å². The molecule has 0 spiro atoms. The van der Waals surface area contributed by atoms with Crippen molar-refractivity contribution < 1.29 is 9.59 Å². The van der Waals surface area contributed by atoms with Gasteiger partial charge in [0.15, 0.2) is 0 Å². The fourth-order valence-corrected chi connectivity index (χ4v) is 4.62. The average Bonchev–Trinajstić information content (AvgIpc) is 3.25. The number of carbonyl (C=O) groups is 2. The Hall–Kier alpha value is -1.52. The molecule has 0 aromatic heterocycles. The molecule has 2 amide bonds. The molecule has 1 N–H and O–H groups in total. The number of hydrogen-bond acceptors (Lipinski definition) is 2. The van der Waals surface area contributed by atoms with Gasteiger partial charge < -0.3 is 10.2 Å². The molecule has 3 rings (SSSR count). The number of rotatable bonds is 8. The van der Waals surface area contributed by atoms with Gasteiger partial charge in [0.1, 0.15) is 11.9 Å². The second-order valence-electron chi connectivity index (χ2n) is 8.02. The largest absolute Gasteiger partial charge is 0.351 e. The highest BCUT2D eigenvalue weighted by atomic mass is 35.5. The van der Waals surface area contributed by atoms with Gasteiger partial charge in [0.25, 0.3) is 0 Å². The molecule has 0 aliphatic heterocycles. The number of hydrogen-bond donors (Lipinski definition) is 1. The molecule has 0 radical (unpaired) electrons. The minimum absolute atomic E-state index is 0.129. The van der Waals surface area contributed by atoms with E-state index in [0.29, 0.717) is 11.6 Å². The molecule has 1 aromatic carbocycles. The van der Waals surface area contributed by atoms with Crippen molar-refractivity contribution in [3.8, 4) is 0 Å². The van der Waals surface area contributed by atoms with E-state index in [2.05, 4.69) is 11.4 Å². The summed E-state index contributed by atoms with van der Waals surface area (Å²) in [6, 6.07) is 6.68. The summed E-state index contributed by atoms with van der Waals surface area (Å²) in [5.74, 6) is -0.486. The van der Waals surface area contributed by atoms with Crippen LogP contribution in [0.1, 0.15) is 69.4 Å². The third kappa shape index (κ3) is 6.23. The first kappa shape index (κ1) is 22.2. The van der Waals surface area contributed by atoms with E-state index in [1.165, 1.54) is 18.4 Å². The molecule has 1 saturated carbocycles. The van der Waals surface area contributed by atoms with Crippen LogP contribution >= 0.6 is 23.2 Å². The molecule has 0 bridgehead atoms. The zero-order valence-corrected chi connectivity index (χ0v) is 18.4. The fourth-order valence-electron chi connectivity index (χ4n) is 4.34. The lowest BCUT2D eigenvalue weighted by molar-refractivity contribution is -0.139. The van der Waals surface area contributed by atoms with Gasteiger partial charge in [-0.2, -0.15) is 0 Å². The minimum Gasteiger partial charge on any atom is -0.351 e. The van der Waals surface area contributed by atoms with E-state index < -0.39 is 6.04 Å². The summed E-state index contributed by atoms with van der Waals surface area (Å²) in [6.45, 7) is 0.489. The quantitative estimate of drug-likeness (QED) is 0.438. The Labute approximate surface area is 183 Å². The Balaban J connectivity index is 1.83. The van der Waals surface area contributed by atoms with Gasteiger partial charge in [-0.1, -0.05) is 48.2 Å². The number of benzene rings is 1. The highest BCUT2D eigenvalue weighted by molar-refractivity contribution is 6.30. The van der Waals surface area contributed by atoms with Crippen LogP contribution in [0.15, 0.2) is 35.9 Å². The van der Waals surface area contributed by atoms with Gasteiger partial charge in [-0.25, -0.2) is 0 Å². The average molecular weight is 437 g/mol. The third-order valence-corrected chi connectivity index (χ3v) is 6.42. The van der Waals surface area contributed by atoms with Crippen LogP contribution in [0.4, 0.5) is 0 Å². The molecular weight excluding hydrogens is 407 g/mol. The van der Waals surface area contributed by atoms with Gasteiger partial charge in [0, 0.05) is 17.6 Å². The van der Waals surface area contributed by atoms with E-state index in [4.69, 9.17) is 23.2 Å². The summed E-state index contributed by atoms with van der Waals surface area (Å²) >= 11 is 12.0. The molecule has 0 saturated heterocycles. The van der Waals surface area contributed by atoms with Crippen molar-refractivity contribution in [2.75, 3.05) is 12.4 Å². The van der Waals surface area contributed by atoms with Crippen molar-refractivity contribution in [2.45, 2.75) is 69.9 Å². The fraction of sp³-hybridized carbons (Fsp3) is 0.565. The van der Waals surface area contributed by atoms with Crippen molar-refractivity contribution in [1.29, 1.82) is 0 Å². The Morgan fingerprint density at radius 2 is 1.83 bits per heavy atom. The summed E-state index contributed by atoms with van der Waals surface area (Å²) < 4.78 is 0. The van der Waals surface area contributed by atoms with Crippen molar-refractivity contribution in [3.05, 3.63) is 46.5 Å².